The van der Waals surface area contributed by atoms with Crippen LogP contribution < -0.4 is 11.1 Å². The zero-order chi connectivity index (χ0) is 11.5. The lowest BCUT2D eigenvalue weighted by Gasteiger charge is -1.98. The molecule has 16 heavy (non-hydrogen) atoms. The van der Waals surface area contributed by atoms with Gasteiger partial charge in [-0.05, 0) is 24.4 Å². The number of aromatic nitrogens is 1. The molecule has 0 aliphatic carbocycles. The van der Waals surface area contributed by atoms with Crippen LogP contribution in [0, 0.1) is 0 Å². The van der Waals surface area contributed by atoms with Crippen LogP contribution in [0.25, 0.3) is 11.3 Å². The number of anilines is 1. The summed E-state index contributed by atoms with van der Waals surface area (Å²) in [6.45, 7) is 0. The number of nitrogens with one attached hydrogen (secondary N) is 1. The van der Waals surface area contributed by atoms with Crippen LogP contribution >= 0.6 is 35.2 Å². The summed E-state index contributed by atoms with van der Waals surface area (Å²) in [5.41, 5.74) is 7.19. The second-order valence-electron chi connectivity index (χ2n) is 3.04. The van der Waals surface area contributed by atoms with Gasteiger partial charge >= 0.3 is 0 Å². The molecule has 2 rings (SSSR count). The van der Waals surface area contributed by atoms with E-state index < -0.39 is 0 Å². The minimum absolute atomic E-state index is 0.215. The van der Waals surface area contributed by atoms with E-state index in [0.717, 1.165) is 11.3 Å². The fourth-order valence-electron chi connectivity index (χ4n) is 1.22. The molecule has 0 fully saturated rings. The SMILES string of the molecule is NC(=S)Nc1nc(-c2cccc(Cl)c2)cs1. The number of nitrogens with two attached hydrogens (primary N) is 1. The van der Waals surface area contributed by atoms with Gasteiger partial charge in [0.15, 0.2) is 10.2 Å². The summed E-state index contributed by atoms with van der Waals surface area (Å²) in [5, 5.41) is 6.30. The Balaban J connectivity index is 2.28. The molecule has 2 aromatic rings. The number of hydrogen-bond donors (Lipinski definition) is 2. The molecule has 0 saturated heterocycles. The topological polar surface area (TPSA) is 50.9 Å². The summed E-state index contributed by atoms with van der Waals surface area (Å²) >= 11 is 12.1. The predicted octanol–water partition coefficient (Wildman–Crippen LogP) is 3.12. The molecule has 1 heterocycles. The van der Waals surface area contributed by atoms with Crippen molar-refractivity contribution in [2.75, 3.05) is 5.32 Å². The number of halogens is 1. The average Bonchev–Trinajstić information content (AvgIpc) is 2.65. The molecule has 3 nitrogen and oxygen atoms in total. The predicted molar refractivity (Wildman–Crippen MR) is 73.0 cm³/mol. The van der Waals surface area contributed by atoms with Gasteiger partial charge in [-0.2, -0.15) is 0 Å². The number of rotatable bonds is 2. The molecular weight excluding hydrogens is 262 g/mol. The summed E-state index contributed by atoms with van der Waals surface area (Å²) in [7, 11) is 0. The van der Waals surface area contributed by atoms with Gasteiger partial charge in [0.1, 0.15) is 0 Å². The summed E-state index contributed by atoms with van der Waals surface area (Å²) < 4.78 is 0. The molecule has 82 valence electrons. The lowest BCUT2D eigenvalue weighted by atomic mass is 10.2. The minimum Gasteiger partial charge on any atom is -0.376 e. The van der Waals surface area contributed by atoms with Gasteiger partial charge in [0.25, 0.3) is 0 Å². The highest BCUT2D eigenvalue weighted by Gasteiger charge is 2.04. The second kappa shape index (κ2) is 4.78. The molecule has 0 aliphatic rings. The van der Waals surface area contributed by atoms with Crippen LogP contribution in [0.1, 0.15) is 0 Å². The second-order valence-corrected chi connectivity index (χ2v) is 4.77. The van der Waals surface area contributed by atoms with Crippen LogP contribution in [0.2, 0.25) is 5.02 Å². The zero-order valence-electron chi connectivity index (χ0n) is 8.11. The molecule has 3 N–H and O–H groups in total. The molecule has 0 unspecified atom stereocenters. The maximum absolute atomic E-state index is 5.91. The fourth-order valence-corrected chi connectivity index (χ4v) is 2.30. The molecule has 0 atom stereocenters. The maximum Gasteiger partial charge on any atom is 0.189 e. The molecule has 0 aliphatic heterocycles. The van der Waals surface area contributed by atoms with E-state index in [1.165, 1.54) is 11.3 Å². The number of thiocarbonyl (C=S) groups is 1. The van der Waals surface area contributed by atoms with E-state index in [-0.39, 0.29) is 5.11 Å². The normalized spacial score (nSPS) is 10.1. The Bertz CT molecular complexity index is 524. The Labute approximate surface area is 107 Å². The maximum atomic E-state index is 5.91. The highest BCUT2D eigenvalue weighted by molar-refractivity contribution is 7.80. The Morgan fingerprint density at radius 3 is 3.00 bits per heavy atom. The van der Waals surface area contributed by atoms with Gasteiger partial charge in [0, 0.05) is 16.0 Å². The monoisotopic (exact) mass is 269 g/mol. The third kappa shape index (κ3) is 2.69. The van der Waals surface area contributed by atoms with E-state index in [2.05, 4.69) is 10.3 Å². The van der Waals surface area contributed by atoms with Crippen LogP contribution in [-0.4, -0.2) is 10.1 Å². The first-order valence-corrected chi connectivity index (χ1v) is 6.09. The number of nitrogens with zero attached hydrogens (tertiary/aromatic N) is 1. The van der Waals surface area contributed by atoms with E-state index in [1.54, 1.807) is 0 Å². The standard InChI is InChI=1S/C10H8ClN3S2/c11-7-3-1-2-6(4-7)8-5-16-10(13-8)14-9(12)15/h1-5H,(H3,12,13,14,15). The first kappa shape index (κ1) is 11.3. The van der Waals surface area contributed by atoms with Crippen LogP contribution in [0.5, 0.6) is 0 Å². The van der Waals surface area contributed by atoms with Crippen LogP contribution in [0.4, 0.5) is 5.13 Å². The first-order valence-electron chi connectivity index (χ1n) is 4.43. The highest BCUT2D eigenvalue weighted by atomic mass is 35.5. The van der Waals surface area contributed by atoms with E-state index in [4.69, 9.17) is 29.6 Å². The van der Waals surface area contributed by atoms with Crippen LogP contribution in [0.15, 0.2) is 29.6 Å². The Morgan fingerprint density at radius 1 is 1.50 bits per heavy atom. The largest absolute Gasteiger partial charge is 0.376 e. The smallest absolute Gasteiger partial charge is 0.189 e. The van der Waals surface area contributed by atoms with Crippen LogP contribution in [0.3, 0.4) is 0 Å². The van der Waals surface area contributed by atoms with Gasteiger partial charge in [0.2, 0.25) is 0 Å². The van der Waals surface area contributed by atoms with Gasteiger partial charge in [-0.15, -0.1) is 11.3 Å². The van der Waals surface area contributed by atoms with Gasteiger partial charge in [-0.3, -0.25) is 0 Å². The van der Waals surface area contributed by atoms with Crippen molar-refractivity contribution in [2.45, 2.75) is 0 Å². The van der Waals surface area contributed by atoms with Crippen molar-refractivity contribution in [1.82, 2.24) is 4.98 Å². The molecule has 1 aromatic carbocycles. The Kier molecular flexibility index (Phi) is 3.38. The van der Waals surface area contributed by atoms with Crippen molar-refractivity contribution in [3.8, 4) is 11.3 Å². The van der Waals surface area contributed by atoms with Gasteiger partial charge in [-0.25, -0.2) is 4.98 Å². The molecule has 0 bridgehead atoms. The Morgan fingerprint density at radius 2 is 2.31 bits per heavy atom. The summed E-state index contributed by atoms with van der Waals surface area (Å²) in [6, 6.07) is 7.52. The number of thiazole rings is 1. The Hall–Kier alpha value is -1.17. The van der Waals surface area contributed by atoms with Gasteiger partial charge in [0.05, 0.1) is 5.69 Å². The highest BCUT2D eigenvalue weighted by Crippen LogP contribution is 2.26. The third-order valence-corrected chi connectivity index (χ3v) is 2.95. The molecule has 1 aromatic heterocycles. The van der Waals surface area contributed by atoms with Crippen molar-refractivity contribution in [3.63, 3.8) is 0 Å². The quantitative estimate of drug-likeness (QED) is 0.823. The minimum atomic E-state index is 0.215. The number of benzene rings is 1. The first-order chi connectivity index (χ1) is 7.65. The van der Waals surface area contributed by atoms with E-state index >= 15 is 0 Å². The van der Waals surface area contributed by atoms with Gasteiger partial charge in [-0.1, -0.05) is 23.7 Å². The molecule has 6 heteroatoms. The van der Waals surface area contributed by atoms with Crippen molar-refractivity contribution in [1.29, 1.82) is 0 Å². The van der Waals surface area contributed by atoms with Crippen molar-refractivity contribution in [2.24, 2.45) is 5.73 Å². The summed E-state index contributed by atoms with van der Waals surface area (Å²) in [5.74, 6) is 0. The molecule has 0 saturated carbocycles. The van der Waals surface area contributed by atoms with E-state index in [1.807, 2.05) is 29.6 Å². The molecule has 0 spiro atoms. The van der Waals surface area contributed by atoms with E-state index in [0.29, 0.717) is 10.2 Å². The van der Waals surface area contributed by atoms with Crippen molar-refractivity contribution >= 4 is 45.4 Å². The van der Waals surface area contributed by atoms with Gasteiger partial charge < -0.3 is 11.1 Å². The van der Waals surface area contributed by atoms with Crippen molar-refractivity contribution < 1.29 is 0 Å². The summed E-state index contributed by atoms with van der Waals surface area (Å²) in [4.78, 5) is 4.34. The average molecular weight is 270 g/mol. The molecule has 0 radical (unpaired) electrons. The third-order valence-electron chi connectivity index (χ3n) is 1.85. The molecular formula is C10H8ClN3S2. The van der Waals surface area contributed by atoms with E-state index in [9.17, 15) is 0 Å². The summed E-state index contributed by atoms with van der Waals surface area (Å²) in [6.07, 6.45) is 0. The lowest BCUT2D eigenvalue weighted by molar-refractivity contribution is 1.40. The zero-order valence-corrected chi connectivity index (χ0v) is 10.5. The molecule has 0 amide bonds. The van der Waals surface area contributed by atoms with Crippen molar-refractivity contribution in [3.05, 3.63) is 34.7 Å². The fraction of sp³-hybridized carbons (Fsp3) is 0. The number of hydrogen-bond acceptors (Lipinski definition) is 3. The lowest BCUT2D eigenvalue weighted by Crippen LogP contribution is -2.18. The van der Waals surface area contributed by atoms with Crippen LogP contribution in [-0.2, 0) is 0 Å².